The normalized spacial score (nSPS) is 12.0. The molecule has 0 amide bonds. The highest BCUT2D eigenvalue weighted by atomic mass is 32.2. The van der Waals surface area contributed by atoms with E-state index in [2.05, 4.69) is 19.7 Å². The summed E-state index contributed by atoms with van der Waals surface area (Å²) in [4.78, 5) is 10.5. The zero-order chi connectivity index (χ0) is 17.3. The van der Waals surface area contributed by atoms with Crippen LogP contribution in [0.2, 0.25) is 0 Å². The molecule has 0 unspecified atom stereocenters. The summed E-state index contributed by atoms with van der Waals surface area (Å²) in [6.45, 7) is 4.07. The lowest BCUT2D eigenvalue weighted by molar-refractivity contribution is 0.598. The molecule has 2 N–H and O–H groups in total. The number of halogens is 1. The molecule has 2 aromatic heterocycles. The third kappa shape index (κ3) is 3.23. The third-order valence-electron chi connectivity index (χ3n) is 3.53. The molecule has 8 heteroatoms. The molecule has 6 nitrogen and oxygen atoms in total. The second-order valence-electron chi connectivity index (χ2n) is 5.96. The summed E-state index contributed by atoms with van der Waals surface area (Å²) >= 11 is 0. The fourth-order valence-corrected chi connectivity index (χ4v) is 3.72. The second-order valence-corrected chi connectivity index (χ2v) is 7.61. The van der Waals surface area contributed by atoms with Gasteiger partial charge in [-0.15, -0.1) is 0 Å². The van der Waals surface area contributed by atoms with Crippen LogP contribution in [0.5, 0.6) is 0 Å². The van der Waals surface area contributed by atoms with Crippen LogP contribution in [0.3, 0.4) is 0 Å². The molecule has 0 radical (unpaired) electrons. The van der Waals surface area contributed by atoms with E-state index in [0.29, 0.717) is 17.0 Å². The summed E-state index contributed by atoms with van der Waals surface area (Å²) in [7, 11) is -3.96. The molecular formula is C16H17FN4O2S. The van der Waals surface area contributed by atoms with Crippen molar-refractivity contribution in [2.45, 2.75) is 25.2 Å². The molecule has 3 aromatic rings. The van der Waals surface area contributed by atoms with Crippen molar-refractivity contribution in [3.8, 4) is 0 Å². The van der Waals surface area contributed by atoms with Crippen molar-refractivity contribution in [1.82, 2.24) is 15.0 Å². The number of benzene rings is 1. The average Bonchev–Trinajstić information content (AvgIpc) is 2.94. The van der Waals surface area contributed by atoms with Crippen molar-refractivity contribution in [3.63, 3.8) is 0 Å². The van der Waals surface area contributed by atoms with Crippen molar-refractivity contribution in [2.75, 3.05) is 4.72 Å². The SMILES string of the molecule is CC(C)Cc1ccc(NS(=O)(=O)c2c[nH]c3ncncc23)c(F)c1. The van der Waals surface area contributed by atoms with Crippen LogP contribution in [0.25, 0.3) is 11.0 Å². The van der Waals surface area contributed by atoms with Gasteiger partial charge in [0.1, 0.15) is 22.7 Å². The number of aromatic nitrogens is 3. The Bertz CT molecular complexity index is 983. The average molecular weight is 348 g/mol. The molecule has 0 spiro atoms. The van der Waals surface area contributed by atoms with Gasteiger partial charge in [0.15, 0.2) is 0 Å². The molecule has 3 rings (SSSR count). The molecule has 1 aromatic carbocycles. The lowest BCUT2D eigenvalue weighted by atomic mass is 10.0. The first kappa shape index (κ1) is 16.4. The van der Waals surface area contributed by atoms with E-state index in [1.807, 2.05) is 13.8 Å². The number of nitrogens with zero attached hydrogens (tertiary/aromatic N) is 2. The Morgan fingerprint density at radius 3 is 2.83 bits per heavy atom. The van der Waals surface area contributed by atoms with Crippen LogP contribution in [0, 0.1) is 11.7 Å². The van der Waals surface area contributed by atoms with E-state index in [-0.39, 0.29) is 10.6 Å². The van der Waals surface area contributed by atoms with Crippen LogP contribution < -0.4 is 4.72 Å². The Kier molecular flexibility index (Phi) is 4.23. The van der Waals surface area contributed by atoms with Crippen molar-refractivity contribution < 1.29 is 12.8 Å². The first-order valence-corrected chi connectivity index (χ1v) is 8.93. The predicted octanol–water partition coefficient (Wildman–Crippen LogP) is 3.10. The van der Waals surface area contributed by atoms with Crippen LogP contribution in [-0.4, -0.2) is 23.4 Å². The number of anilines is 1. The van der Waals surface area contributed by atoms with Gasteiger partial charge in [-0.2, -0.15) is 0 Å². The number of fused-ring (bicyclic) bond motifs is 1. The highest BCUT2D eigenvalue weighted by molar-refractivity contribution is 7.93. The van der Waals surface area contributed by atoms with Gasteiger partial charge in [-0.05, 0) is 30.0 Å². The van der Waals surface area contributed by atoms with E-state index in [1.165, 1.54) is 30.9 Å². The van der Waals surface area contributed by atoms with E-state index in [0.717, 1.165) is 12.0 Å². The number of sulfonamides is 1. The topological polar surface area (TPSA) is 87.7 Å². The monoisotopic (exact) mass is 348 g/mol. The number of H-pyrrole nitrogens is 1. The first-order valence-electron chi connectivity index (χ1n) is 7.45. The predicted molar refractivity (Wildman–Crippen MR) is 89.6 cm³/mol. The van der Waals surface area contributed by atoms with Crippen LogP contribution in [0.4, 0.5) is 10.1 Å². The Labute approximate surface area is 139 Å². The minimum Gasteiger partial charge on any atom is -0.345 e. The van der Waals surface area contributed by atoms with E-state index < -0.39 is 15.8 Å². The fraction of sp³-hybridized carbons (Fsp3) is 0.250. The molecule has 0 bridgehead atoms. The van der Waals surface area contributed by atoms with Crippen molar-refractivity contribution in [3.05, 3.63) is 48.3 Å². The van der Waals surface area contributed by atoms with E-state index in [9.17, 15) is 12.8 Å². The molecule has 0 aliphatic heterocycles. The molecular weight excluding hydrogens is 331 g/mol. The maximum Gasteiger partial charge on any atom is 0.264 e. The highest BCUT2D eigenvalue weighted by Gasteiger charge is 2.21. The number of hydrogen-bond donors (Lipinski definition) is 2. The Morgan fingerprint density at radius 2 is 2.12 bits per heavy atom. The van der Waals surface area contributed by atoms with Gasteiger partial charge >= 0.3 is 0 Å². The lowest BCUT2D eigenvalue weighted by Gasteiger charge is -2.10. The largest absolute Gasteiger partial charge is 0.345 e. The summed E-state index contributed by atoms with van der Waals surface area (Å²) in [5, 5.41) is 0.349. The molecule has 2 heterocycles. The van der Waals surface area contributed by atoms with Gasteiger partial charge < -0.3 is 4.98 Å². The number of aromatic amines is 1. The third-order valence-corrected chi connectivity index (χ3v) is 4.93. The lowest BCUT2D eigenvalue weighted by Crippen LogP contribution is -2.14. The number of rotatable bonds is 5. The van der Waals surface area contributed by atoms with Gasteiger partial charge in [0.05, 0.1) is 11.1 Å². The Morgan fingerprint density at radius 1 is 1.33 bits per heavy atom. The quantitative estimate of drug-likeness (QED) is 0.742. The van der Waals surface area contributed by atoms with Crippen LogP contribution in [-0.2, 0) is 16.4 Å². The zero-order valence-electron chi connectivity index (χ0n) is 13.2. The molecule has 0 aliphatic carbocycles. The van der Waals surface area contributed by atoms with Gasteiger partial charge in [0.25, 0.3) is 10.0 Å². The maximum absolute atomic E-state index is 14.2. The maximum atomic E-state index is 14.2. The zero-order valence-corrected chi connectivity index (χ0v) is 14.1. The number of nitrogens with one attached hydrogen (secondary N) is 2. The molecule has 0 fully saturated rings. The van der Waals surface area contributed by atoms with E-state index in [4.69, 9.17) is 0 Å². The minimum absolute atomic E-state index is 0.0243. The Hall–Kier alpha value is -2.48. The van der Waals surface area contributed by atoms with Crippen LogP contribution >= 0.6 is 0 Å². The van der Waals surface area contributed by atoms with Crippen LogP contribution in [0.15, 0.2) is 41.8 Å². The molecule has 126 valence electrons. The molecule has 0 saturated heterocycles. The summed E-state index contributed by atoms with van der Waals surface area (Å²) in [6, 6.07) is 4.52. The molecule has 0 atom stereocenters. The minimum atomic E-state index is -3.96. The summed E-state index contributed by atoms with van der Waals surface area (Å²) in [5.74, 6) is -0.217. The van der Waals surface area contributed by atoms with Gasteiger partial charge in [0.2, 0.25) is 0 Å². The van der Waals surface area contributed by atoms with Gasteiger partial charge in [0, 0.05) is 12.4 Å². The van der Waals surface area contributed by atoms with Crippen molar-refractivity contribution in [2.24, 2.45) is 5.92 Å². The van der Waals surface area contributed by atoms with E-state index in [1.54, 1.807) is 6.07 Å². The van der Waals surface area contributed by atoms with Gasteiger partial charge in [-0.1, -0.05) is 19.9 Å². The summed E-state index contributed by atoms with van der Waals surface area (Å²) < 4.78 is 41.6. The fourth-order valence-electron chi connectivity index (χ4n) is 2.50. The smallest absolute Gasteiger partial charge is 0.264 e. The van der Waals surface area contributed by atoms with Crippen molar-refractivity contribution >= 4 is 26.7 Å². The Balaban J connectivity index is 1.92. The molecule has 0 aliphatic rings. The molecule has 24 heavy (non-hydrogen) atoms. The molecule has 0 saturated carbocycles. The standard InChI is InChI=1S/C16H17FN4O2S/c1-10(2)5-11-3-4-14(13(17)6-11)21-24(22,23)15-8-19-16-12(15)7-18-9-20-16/h3-4,6-10,21H,5H2,1-2H3,(H,18,19,20). The van der Waals surface area contributed by atoms with Crippen LogP contribution in [0.1, 0.15) is 19.4 Å². The van der Waals surface area contributed by atoms with Crippen molar-refractivity contribution in [1.29, 1.82) is 0 Å². The van der Waals surface area contributed by atoms with E-state index >= 15 is 0 Å². The summed E-state index contributed by atoms with van der Waals surface area (Å²) in [5.41, 5.74) is 1.14. The van der Waals surface area contributed by atoms with Gasteiger partial charge in [-0.25, -0.2) is 22.8 Å². The summed E-state index contributed by atoms with van der Waals surface area (Å²) in [6.07, 6.45) is 4.75. The second kappa shape index (κ2) is 6.20. The first-order chi connectivity index (χ1) is 11.4. The van der Waals surface area contributed by atoms with Gasteiger partial charge in [-0.3, -0.25) is 4.72 Å². The highest BCUT2D eigenvalue weighted by Crippen LogP contribution is 2.25. The number of hydrogen-bond acceptors (Lipinski definition) is 4.